The van der Waals surface area contributed by atoms with Gasteiger partial charge in [-0.25, -0.2) is 9.59 Å². The number of carboxylic acid groups (broad SMARTS) is 1. The van der Waals surface area contributed by atoms with Gasteiger partial charge in [0.15, 0.2) is 0 Å². The molecule has 1 N–H and O–H groups in total. The number of hydrogen-bond donors (Lipinski definition) is 1. The van der Waals surface area contributed by atoms with Gasteiger partial charge < -0.3 is 14.9 Å². The third-order valence-corrected chi connectivity index (χ3v) is 3.51. The summed E-state index contributed by atoms with van der Waals surface area (Å²) in [5, 5.41) is 9.19. The quantitative estimate of drug-likeness (QED) is 0.877. The number of benzene rings is 1. The number of urea groups is 1. The molecule has 0 spiro atoms. The summed E-state index contributed by atoms with van der Waals surface area (Å²) in [6.45, 7) is 6.09. The predicted octanol–water partition coefficient (Wildman–Crippen LogP) is 2.81. The largest absolute Gasteiger partial charge is 0.480 e. The van der Waals surface area contributed by atoms with Crippen LogP contribution in [0.4, 0.5) is 4.79 Å². The highest BCUT2D eigenvalue weighted by Gasteiger charge is 2.29. The fourth-order valence-corrected chi connectivity index (χ4v) is 2.20. The van der Waals surface area contributed by atoms with Crippen molar-refractivity contribution < 1.29 is 14.7 Å². The monoisotopic (exact) mass is 292 g/mol. The number of hydrogen-bond acceptors (Lipinski definition) is 2. The van der Waals surface area contributed by atoms with Crippen LogP contribution in [-0.4, -0.2) is 46.0 Å². The second-order valence-corrected chi connectivity index (χ2v) is 5.36. The zero-order valence-electron chi connectivity index (χ0n) is 13.1. The number of rotatable bonds is 6. The van der Waals surface area contributed by atoms with Crippen LogP contribution < -0.4 is 0 Å². The van der Waals surface area contributed by atoms with Gasteiger partial charge in [0.05, 0.1) is 0 Å². The molecule has 2 amide bonds. The van der Waals surface area contributed by atoms with Crippen LogP contribution in [0.2, 0.25) is 0 Å². The van der Waals surface area contributed by atoms with Gasteiger partial charge in [-0.1, -0.05) is 37.3 Å². The fraction of sp³-hybridized carbons (Fsp3) is 0.500. The van der Waals surface area contributed by atoms with Crippen molar-refractivity contribution in [2.45, 2.75) is 45.8 Å². The van der Waals surface area contributed by atoms with E-state index in [1.807, 2.05) is 44.2 Å². The van der Waals surface area contributed by atoms with Gasteiger partial charge in [-0.15, -0.1) is 0 Å². The van der Waals surface area contributed by atoms with Gasteiger partial charge in [-0.05, 0) is 25.8 Å². The number of carbonyl (C=O) groups excluding carboxylic acids is 1. The minimum absolute atomic E-state index is 0.00791. The molecule has 0 aliphatic carbocycles. The minimum atomic E-state index is -0.975. The van der Waals surface area contributed by atoms with E-state index in [-0.39, 0.29) is 12.1 Å². The zero-order valence-corrected chi connectivity index (χ0v) is 13.1. The summed E-state index contributed by atoms with van der Waals surface area (Å²) < 4.78 is 0. The van der Waals surface area contributed by atoms with Gasteiger partial charge in [0.1, 0.15) is 6.04 Å². The van der Waals surface area contributed by atoms with E-state index in [4.69, 9.17) is 0 Å². The molecule has 0 fully saturated rings. The highest BCUT2D eigenvalue weighted by Crippen LogP contribution is 2.13. The molecule has 21 heavy (non-hydrogen) atoms. The number of nitrogens with zero attached hydrogens (tertiary/aromatic N) is 2. The Hall–Kier alpha value is -2.04. The van der Waals surface area contributed by atoms with Gasteiger partial charge >= 0.3 is 12.0 Å². The summed E-state index contributed by atoms with van der Waals surface area (Å²) in [4.78, 5) is 26.8. The predicted molar refractivity (Wildman–Crippen MR) is 82.0 cm³/mol. The molecule has 0 saturated heterocycles. The average Bonchev–Trinajstić information content (AvgIpc) is 2.45. The molecule has 116 valence electrons. The van der Waals surface area contributed by atoms with E-state index >= 15 is 0 Å². The first-order chi connectivity index (χ1) is 9.88. The van der Waals surface area contributed by atoms with Crippen LogP contribution in [-0.2, 0) is 11.3 Å². The first-order valence-corrected chi connectivity index (χ1v) is 7.18. The van der Waals surface area contributed by atoms with Crippen LogP contribution in [0.15, 0.2) is 30.3 Å². The first-order valence-electron chi connectivity index (χ1n) is 7.18. The number of amides is 2. The SMILES string of the molecule is CCC(C(=O)O)N(C)C(=O)N(Cc1ccccc1)C(C)C. The Morgan fingerprint density at radius 2 is 1.76 bits per heavy atom. The molecule has 1 atom stereocenters. The van der Waals surface area contributed by atoms with Crippen LogP contribution in [0, 0.1) is 0 Å². The van der Waals surface area contributed by atoms with Gasteiger partial charge in [0.2, 0.25) is 0 Å². The van der Waals surface area contributed by atoms with Crippen LogP contribution in [0.3, 0.4) is 0 Å². The lowest BCUT2D eigenvalue weighted by atomic mass is 10.2. The van der Waals surface area contributed by atoms with E-state index in [1.54, 1.807) is 18.9 Å². The Morgan fingerprint density at radius 1 is 1.19 bits per heavy atom. The molecular weight excluding hydrogens is 268 g/mol. The highest BCUT2D eigenvalue weighted by molar-refractivity contribution is 5.82. The zero-order chi connectivity index (χ0) is 16.0. The number of carboxylic acids is 1. The van der Waals surface area contributed by atoms with Crippen molar-refractivity contribution in [3.63, 3.8) is 0 Å². The van der Waals surface area contributed by atoms with Gasteiger partial charge in [0.25, 0.3) is 0 Å². The van der Waals surface area contributed by atoms with Gasteiger partial charge in [0, 0.05) is 19.6 Å². The van der Waals surface area contributed by atoms with Crippen LogP contribution in [0.1, 0.15) is 32.8 Å². The Kier molecular flexibility index (Phi) is 6.21. The van der Waals surface area contributed by atoms with Gasteiger partial charge in [-0.2, -0.15) is 0 Å². The number of carbonyl (C=O) groups is 2. The average molecular weight is 292 g/mol. The minimum Gasteiger partial charge on any atom is -0.480 e. The molecule has 0 bridgehead atoms. The molecule has 0 aliphatic heterocycles. The Balaban J connectivity index is 2.90. The van der Waals surface area contributed by atoms with E-state index in [1.165, 1.54) is 4.90 Å². The molecule has 5 nitrogen and oxygen atoms in total. The Bertz CT molecular complexity index is 474. The lowest BCUT2D eigenvalue weighted by molar-refractivity contribution is -0.142. The summed E-state index contributed by atoms with van der Waals surface area (Å²) in [5.41, 5.74) is 1.02. The molecule has 1 aromatic rings. The van der Waals surface area contributed by atoms with E-state index in [9.17, 15) is 14.7 Å². The molecule has 1 aromatic carbocycles. The van der Waals surface area contributed by atoms with Crippen molar-refractivity contribution in [3.8, 4) is 0 Å². The Labute approximate surface area is 126 Å². The van der Waals surface area contributed by atoms with Crippen LogP contribution >= 0.6 is 0 Å². The fourth-order valence-electron chi connectivity index (χ4n) is 2.20. The third-order valence-electron chi connectivity index (χ3n) is 3.51. The molecule has 0 heterocycles. The third kappa shape index (κ3) is 4.48. The molecule has 0 aliphatic rings. The molecule has 1 unspecified atom stereocenters. The maximum atomic E-state index is 12.6. The van der Waals surface area contributed by atoms with Crippen molar-refractivity contribution >= 4 is 12.0 Å². The summed E-state index contributed by atoms with van der Waals surface area (Å²) in [5.74, 6) is -0.975. The van der Waals surface area contributed by atoms with Gasteiger partial charge in [-0.3, -0.25) is 0 Å². The van der Waals surface area contributed by atoms with Crippen molar-refractivity contribution in [1.82, 2.24) is 9.80 Å². The van der Waals surface area contributed by atoms with E-state index in [0.29, 0.717) is 13.0 Å². The summed E-state index contributed by atoms with van der Waals surface area (Å²) >= 11 is 0. The van der Waals surface area contributed by atoms with Crippen LogP contribution in [0.25, 0.3) is 0 Å². The summed E-state index contributed by atoms with van der Waals surface area (Å²) in [6, 6.07) is 8.62. The molecule has 5 heteroatoms. The molecule has 0 aromatic heterocycles. The summed E-state index contributed by atoms with van der Waals surface area (Å²) in [6.07, 6.45) is 0.384. The molecule has 1 rings (SSSR count). The van der Waals surface area contributed by atoms with Crippen molar-refractivity contribution in [2.24, 2.45) is 0 Å². The highest BCUT2D eigenvalue weighted by atomic mass is 16.4. The second kappa shape index (κ2) is 7.67. The van der Waals surface area contributed by atoms with Crippen molar-refractivity contribution in [1.29, 1.82) is 0 Å². The van der Waals surface area contributed by atoms with E-state index in [0.717, 1.165) is 5.56 Å². The number of aliphatic carboxylic acids is 1. The standard InChI is InChI=1S/C16H24N2O3/c1-5-14(15(19)20)17(4)16(21)18(12(2)3)11-13-9-7-6-8-10-13/h6-10,12,14H,5,11H2,1-4H3,(H,19,20). The maximum Gasteiger partial charge on any atom is 0.326 e. The smallest absolute Gasteiger partial charge is 0.326 e. The maximum absolute atomic E-state index is 12.6. The lowest BCUT2D eigenvalue weighted by Crippen LogP contribution is -2.50. The van der Waals surface area contributed by atoms with E-state index < -0.39 is 12.0 Å². The molecule has 0 radical (unpaired) electrons. The first kappa shape index (κ1) is 17.0. The summed E-state index contributed by atoms with van der Waals surface area (Å²) in [7, 11) is 1.55. The van der Waals surface area contributed by atoms with Crippen LogP contribution in [0.5, 0.6) is 0 Å². The topological polar surface area (TPSA) is 60.9 Å². The normalized spacial score (nSPS) is 12.0. The lowest BCUT2D eigenvalue weighted by Gasteiger charge is -2.33. The van der Waals surface area contributed by atoms with E-state index in [2.05, 4.69) is 0 Å². The second-order valence-electron chi connectivity index (χ2n) is 5.36. The van der Waals surface area contributed by atoms with Crippen molar-refractivity contribution in [3.05, 3.63) is 35.9 Å². The van der Waals surface area contributed by atoms with Crippen molar-refractivity contribution in [2.75, 3.05) is 7.05 Å². The Morgan fingerprint density at radius 3 is 2.19 bits per heavy atom. The molecular formula is C16H24N2O3. The molecule has 0 saturated carbocycles. The number of likely N-dealkylation sites (N-methyl/N-ethyl adjacent to an activating group) is 1.